The van der Waals surface area contributed by atoms with Crippen LogP contribution in [0.5, 0.6) is 0 Å². The maximum Gasteiger partial charge on any atom is 0.0834 e. The molecule has 3 nitrogen and oxygen atoms in total. The van der Waals surface area contributed by atoms with E-state index in [1.807, 2.05) is 0 Å². The third-order valence-corrected chi connectivity index (χ3v) is 3.32. The lowest BCUT2D eigenvalue weighted by Gasteiger charge is -2.32. The predicted octanol–water partition coefficient (Wildman–Crippen LogP) is 2.01. The molecule has 16 heavy (non-hydrogen) atoms. The van der Waals surface area contributed by atoms with Crippen molar-refractivity contribution in [3.8, 4) is 0 Å². The van der Waals surface area contributed by atoms with Crippen molar-refractivity contribution in [3.63, 3.8) is 0 Å². The van der Waals surface area contributed by atoms with E-state index in [2.05, 4.69) is 11.5 Å². The van der Waals surface area contributed by atoms with Crippen molar-refractivity contribution in [2.45, 2.75) is 31.5 Å². The van der Waals surface area contributed by atoms with Gasteiger partial charge in [0.2, 0.25) is 0 Å². The number of hydrogen-bond donors (Lipinski definition) is 0. The van der Waals surface area contributed by atoms with Crippen molar-refractivity contribution >= 4 is 11.6 Å². The summed E-state index contributed by atoms with van der Waals surface area (Å²) in [6.07, 6.45) is 3.99. The minimum atomic E-state index is 0.333. The molecule has 0 aliphatic carbocycles. The molecule has 4 heteroatoms. The van der Waals surface area contributed by atoms with Crippen LogP contribution in [0.1, 0.15) is 19.3 Å². The maximum absolute atomic E-state index is 6.00. The second-order valence-corrected chi connectivity index (χ2v) is 5.15. The SMILES string of the molecule is C=C(Cl)CN1CCC(O[C@@H]2CCOC2)CC1. The van der Waals surface area contributed by atoms with Crippen LogP contribution in [0.15, 0.2) is 11.6 Å². The second kappa shape index (κ2) is 6.01. The van der Waals surface area contributed by atoms with E-state index in [1.54, 1.807) is 0 Å². The first kappa shape index (κ1) is 12.4. The molecule has 1 atom stereocenters. The van der Waals surface area contributed by atoms with Crippen LogP contribution in [0, 0.1) is 0 Å². The van der Waals surface area contributed by atoms with Crippen molar-refractivity contribution in [3.05, 3.63) is 11.6 Å². The maximum atomic E-state index is 6.00. The number of hydrogen-bond acceptors (Lipinski definition) is 3. The minimum absolute atomic E-state index is 0.333. The molecule has 2 aliphatic rings. The average molecular weight is 246 g/mol. The third kappa shape index (κ3) is 3.74. The lowest BCUT2D eigenvalue weighted by Crippen LogP contribution is -2.39. The molecule has 92 valence electrons. The number of ether oxygens (including phenoxy) is 2. The Kier molecular flexibility index (Phi) is 4.65. The standard InChI is InChI=1S/C12H20ClNO2/c1-10(13)8-14-5-2-11(3-6-14)16-12-4-7-15-9-12/h11-12H,1-9H2/t12-/m1/s1. The summed E-state index contributed by atoms with van der Waals surface area (Å²) >= 11 is 5.80. The zero-order valence-electron chi connectivity index (χ0n) is 9.66. The van der Waals surface area contributed by atoms with Crippen molar-refractivity contribution in [1.82, 2.24) is 4.90 Å². The first-order valence-corrected chi connectivity index (χ1v) is 6.40. The predicted molar refractivity (Wildman–Crippen MR) is 64.8 cm³/mol. The highest BCUT2D eigenvalue weighted by Crippen LogP contribution is 2.19. The summed E-state index contributed by atoms with van der Waals surface area (Å²) in [7, 11) is 0. The van der Waals surface area contributed by atoms with Gasteiger partial charge in [-0.2, -0.15) is 0 Å². The van der Waals surface area contributed by atoms with Gasteiger partial charge in [-0.15, -0.1) is 0 Å². The van der Waals surface area contributed by atoms with Gasteiger partial charge in [0, 0.05) is 31.3 Å². The molecule has 0 N–H and O–H groups in total. The van der Waals surface area contributed by atoms with E-state index >= 15 is 0 Å². The Morgan fingerprint density at radius 1 is 1.31 bits per heavy atom. The summed E-state index contributed by atoms with van der Waals surface area (Å²) in [5.74, 6) is 0. The lowest BCUT2D eigenvalue weighted by molar-refractivity contribution is -0.0427. The van der Waals surface area contributed by atoms with Crippen molar-refractivity contribution in [2.24, 2.45) is 0 Å². The molecule has 0 aromatic carbocycles. The number of likely N-dealkylation sites (tertiary alicyclic amines) is 1. The summed E-state index contributed by atoms with van der Waals surface area (Å²) in [5, 5.41) is 0.726. The van der Waals surface area contributed by atoms with E-state index in [4.69, 9.17) is 21.1 Å². The third-order valence-electron chi connectivity index (χ3n) is 3.20. The molecule has 2 heterocycles. The smallest absolute Gasteiger partial charge is 0.0834 e. The molecule has 2 fully saturated rings. The highest BCUT2D eigenvalue weighted by atomic mass is 35.5. The molecule has 0 bridgehead atoms. The van der Waals surface area contributed by atoms with Gasteiger partial charge in [-0.05, 0) is 19.3 Å². The number of nitrogens with zero attached hydrogens (tertiary/aromatic N) is 1. The quantitative estimate of drug-likeness (QED) is 0.756. The van der Waals surface area contributed by atoms with E-state index in [9.17, 15) is 0 Å². The molecule has 0 spiro atoms. The summed E-state index contributed by atoms with van der Waals surface area (Å²) in [5.41, 5.74) is 0. The summed E-state index contributed by atoms with van der Waals surface area (Å²) in [6.45, 7) is 8.29. The lowest BCUT2D eigenvalue weighted by atomic mass is 10.1. The second-order valence-electron chi connectivity index (χ2n) is 4.61. The van der Waals surface area contributed by atoms with Gasteiger partial charge >= 0.3 is 0 Å². The van der Waals surface area contributed by atoms with Crippen LogP contribution >= 0.6 is 11.6 Å². The average Bonchev–Trinajstić information content (AvgIpc) is 2.73. The van der Waals surface area contributed by atoms with Crippen LogP contribution in [0.3, 0.4) is 0 Å². The summed E-state index contributed by atoms with van der Waals surface area (Å²) in [6, 6.07) is 0. The number of piperidine rings is 1. The highest BCUT2D eigenvalue weighted by Gasteiger charge is 2.24. The van der Waals surface area contributed by atoms with Gasteiger partial charge < -0.3 is 9.47 Å². The minimum Gasteiger partial charge on any atom is -0.379 e. The van der Waals surface area contributed by atoms with Crippen LogP contribution < -0.4 is 0 Å². The van der Waals surface area contributed by atoms with Gasteiger partial charge in [-0.1, -0.05) is 18.2 Å². The van der Waals surface area contributed by atoms with Crippen molar-refractivity contribution < 1.29 is 9.47 Å². The topological polar surface area (TPSA) is 21.7 Å². The molecule has 2 saturated heterocycles. The van der Waals surface area contributed by atoms with Gasteiger partial charge in [-0.3, -0.25) is 4.90 Å². The fraction of sp³-hybridized carbons (Fsp3) is 0.833. The van der Waals surface area contributed by atoms with E-state index in [0.29, 0.717) is 12.2 Å². The zero-order chi connectivity index (χ0) is 11.4. The molecule has 2 aliphatic heterocycles. The van der Waals surface area contributed by atoms with Crippen LogP contribution in [0.2, 0.25) is 0 Å². The van der Waals surface area contributed by atoms with E-state index in [1.165, 1.54) is 0 Å². The van der Waals surface area contributed by atoms with Crippen LogP contribution in [-0.4, -0.2) is 50.0 Å². The molecular weight excluding hydrogens is 226 g/mol. The Balaban J connectivity index is 1.66. The van der Waals surface area contributed by atoms with Crippen LogP contribution in [-0.2, 0) is 9.47 Å². The Labute approximate surface area is 102 Å². The monoisotopic (exact) mass is 245 g/mol. The van der Waals surface area contributed by atoms with Crippen LogP contribution in [0.25, 0.3) is 0 Å². The highest BCUT2D eigenvalue weighted by molar-refractivity contribution is 6.29. The first-order chi connectivity index (χ1) is 7.74. The normalized spacial score (nSPS) is 28.4. The zero-order valence-corrected chi connectivity index (χ0v) is 10.4. The number of halogens is 1. The molecule has 0 aromatic heterocycles. The molecule has 0 amide bonds. The number of rotatable bonds is 4. The Hall–Kier alpha value is -0.0900. The Morgan fingerprint density at radius 2 is 2.06 bits per heavy atom. The molecule has 0 unspecified atom stereocenters. The fourth-order valence-electron chi connectivity index (χ4n) is 2.34. The summed E-state index contributed by atoms with van der Waals surface area (Å²) < 4.78 is 11.3. The molecule has 0 radical (unpaired) electrons. The van der Waals surface area contributed by atoms with E-state index < -0.39 is 0 Å². The van der Waals surface area contributed by atoms with E-state index in [-0.39, 0.29) is 0 Å². The fourth-order valence-corrected chi connectivity index (χ4v) is 2.51. The van der Waals surface area contributed by atoms with Gasteiger partial charge in [0.25, 0.3) is 0 Å². The van der Waals surface area contributed by atoms with E-state index in [0.717, 1.165) is 57.1 Å². The molecule has 0 aromatic rings. The molecule has 0 saturated carbocycles. The van der Waals surface area contributed by atoms with Crippen molar-refractivity contribution in [2.75, 3.05) is 32.8 Å². The van der Waals surface area contributed by atoms with Crippen LogP contribution in [0.4, 0.5) is 0 Å². The van der Waals surface area contributed by atoms with Gasteiger partial charge in [0.1, 0.15) is 0 Å². The Morgan fingerprint density at radius 3 is 2.62 bits per heavy atom. The molecular formula is C12H20ClNO2. The first-order valence-electron chi connectivity index (χ1n) is 6.03. The van der Waals surface area contributed by atoms with Gasteiger partial charge in [0.05, 0.1) is 18.8 Å². The van der Waals surface area contributed by atoms with Gasteiger partial charge in [0.15, 0.2) is 0 Å². The molecule has 2 rings (SSSR count). The van der Waals surface area contributed by atoms with Crippen molar-refractivity contribution in [1.29, 1.82) is 0 Å². The summed E-state index contributed by atoms with van der Waals surface area (Å²) in [4.78, 5) is 2.33. The largest absolute Gasteiger partial charge is 0.379 e. The van der Waals surface area contributed by atoms with Gasteiger partial charge in [-0.25, -0.2) is 0 Å². The Bertz CT molecular complexity index is 233.